The molecule has 122 valence electrons. The first-order valence-electron chi connectivity index (χ1n) is 6.32. The fourth-order valence-corrected chi connectivity index (χ4v) is 2.24. The number of nitrogen functional groups attached to an aromatic ring is 1. The lowest BCUT2D eigenvalue weighted by Gasteiger charge is -2.11. The van der Waals surface area contributed by atoms with E-state index in [4.69, 9.17) is 10.5 Å². The van der Waals surface area contributed by atoms with E-state index in [0.29, 0.717) is 15.9 Å². The van der Waals surface area contributed by atoms with Gasteiger partial charge < -0.3 is 15.2 Å². The molecule has 0 aromatic heterocycles. The minimum atomic E-state index is -4.77. The van der Waals surface area contributed by atoms with Crippen molar-refractivity contribution in [2.45, 2.75) is 6.36 Å². The SMILES string of the molecule is Nc1cccc(Br)c1OCC(=O)c1ccc(OC(F)(F)F)cc1. The van der Waals surface area contributed by atoms with E-state index in [9.17, 15) is 18.0 Å². The molecule has 2 N–H and O–H groups in total. The largest absolute Gasteiger partial charge is 0.573 e. The summed E-state index contributed by atoms with van der Waals surface area (Å²) in [5.74, 6) is -0.471. The quantitative estimate of drug-likeness (QED) is 0.615. The molecule has 8 heteroatoms. The number of rotatable bonds is 5. The van der Waals surface area contributed by atoms with Gasteiger partial charge in [-0.25, -0.2) is 0 Å². The Morgan fingerprint density at radius 3 is 2.35 bits per heavy atom. The van der Waals surface area contributed by atoms with Crippen LogP contribution in [0.25, 0.3) is 0 Å². The number of anilines is 1. The summed E-state index contributed by atoms with van der Waals surface area (Å²) >= 11 is 3.25. The molecular weight excluding hydrogens is 379 g/mol. The summed E-state index contributed by atoms with van der Waals surface area (Å²) < 4.78 is 45.9. The van der Waals surface area contributed by atoms with Crippen molar-refractivity contribution in [3.05, 3.63) is 52.5 Å². The van der Waals surface area contributed by atoms with Crippen LogP contribution in [0, 0.1) is 0 Å². The number of ketones is 1. The summed E-state index contributed by atoms with van der Waals surface area (Å²) in [7, 11) is 0. The number of nitrogens with two attached hydrogens (primary N) is 1. The lowest BCUT2D eigenvalue weighted by atomic mass is 10.1. The molecule has 2 aromatic carbocycles. The molecule has 0 aliphatic carbocycles. The highest BCUT2D eigenvalue weighted by Gasteiger charge is 2.31. The molecule has 2 aromatic rings. The summed E-state index contributed by atoms with van der Waals surface area (Å²) in [5.41, 5.74) is 6.30. The number of carbonyl (C=O) groups is 1. The molecule has 0 saturated carbocycles. The normalized spacial score (nSPS) is 11.1. The molecule has 0 radical (unpaired) electrons. The molecule has 2 rings (SSSR count). The van der Waals surface area contributed by atoms with Crippen molar-refractivity contribution in [3.63, 3.8) is 0 Å². The van der Waals surface area contributed by atoms with Gasteiger partial charge in [0.25, 0.3) is 0 Å². The average molecular weight is 390 g/mol. The van der Waals surface area contributed by atoms with E-state index in [2.05, 4.69) is 20.7 Å². The zero-order chi connectivity index (χ0) is 17.0. The predicted molar refractivity (Wildman–Crippen MR) is 81.5 cm³/mol. The van der Waals surface area contributed by atoms with Crippen LogP contribution >= 0.6 is 15.9 Å². The molecule has 4 nitrogen and oxygen atoms in total. The van der Waals surface area contributed by atoms with E-state index in [1.54, 1.807) is 18.2 Å². The summed E-state index contributed by atoms with van der Waals surface area (Å²) in [6, 6.07) is 9.63. The maximum atomic E-state index is 12.1. The number of para-hydroxylation sites is 1. The Hall–Kier alpha value is -2.22. The standard InChI is InChI=1S/C15H11BrF3NO3/c16-11-2-1-3-12(20)14(11)22-8-13(21)9-4-6-10(7-5-9)23-15(17,18)19/h1-7H,8,20H2. The van der Waals surface area contributed by atoms with E-state index in [1.165, 1.54) is 12.1 Å². The number of hydrogen-bond acceptors (Lipinski definition) is 4. The Bertz CT molecular complexity index is 682. The van der Waals surface area contributed by atoms with Gasteiger partial charge in [-0.3, -0.25) is 4.79 Å². The Balaban J connectivity index is 2.01. The van der Waals surface area contributed by atoms with Crippen LogP contribution in [0.4, 0.5) is 18.9 Å². The summed E-state index contributed by atoms with van der Waals surface area (Å²) in [6.45, 7) is -0.299. The fourth-order valence-electron chi connectivity index (χ4n) is 1.74. The number of hydrogen-bond donors (Lipinski definition) is 1. The Labute approximate surface area is 138 Å². The van der Waals surface area contributed by atoms with Gasteiger partial charge in [0, 0.05) is 5.56 Å². The highest BCUT2D eigenvalue weighted by atomic mass is 79.9. The van der Waals surface area contributed by atoms with Crippen LogP contribution in [-0.4, -0.2) is 18.8 Å². The monoisotopic (exact) mass is 389 g/mol. The molecule has 0 fully saturated rings. The second kappa shape index (κ2) is 6.91. The molecule has 0 heterocycles. The van der Waals surface area contributed by atoms with Crippen LogP contribution in [0.5, 0.6) is 11.5 Å². The highest BCUT2D eigenvalue weighted by Crippen LogP contribution is 2.31. The molecule has 0 saturated heterocycles. The molecule has 0 aliphatic heterocycles. The number of benzene rings is 2. The molecule has 23 heavy (non-hydrogen) atoms. The number of ether oxygens (including phenoxy) is 2. The van der Waals surface area contributed by atoms with E-state index in [1.807, 2.05) is 0 Å². The van der Waals surface area contributed by atoms with Crippen molar-refractivity contribution < 1.29 is 27.4 Å². The van der Waals surface area contributed by atoms with Gasteiger partial charge in [0.05, 0.1) is 10.2 Å². The third kappa shape index (κ3) is 4.88. The Morgan fingerprint density at radius 2 is 1.78 bits per heavy atom. The number of carbonyl (C=O) groups excluding carboxylic acids is 1. The summed E-state index contributed by atoms with van der Waals surface area (Å²) in [5, 5.41) is 0. The van der Waals surface area contributed by atoms with Crippen LogP contribution in [0.15, 0.2) is 46.9 Å². The van der Waals surface area contributed by atoms with Gasteiger partial charge in [0.15, 0.2) is 18.1 Å². The minimum Gasteiger partial charge on any atom is -0.482 e. The molecule has 0 spiro atoms. The maximum Gasteiger partial charge on any atom is 0.573 e. The minimum absolute atomic E-state index is 0.199. The van der Waals surface area contributed by atoms with Crippen LogP contribution < -0.4 is 15.2 Å². The van der Waals surface area contributed by atoms with Crippen molar-refractivity contribution in [1.82, 2.24) is 0 Å². The first kappa shape index (κ1) is 17.1. The van der Waals surface area contributed by atoms with E-state index in [0.717, 1.165) is 12.1 Å². The first-order chi connectivity index (χ1) is 10.8. The van der Waals surface area contributed by atoms with Crippen LogP contribution in [0.2, 0.25) is 0 Å². The van der Waals surface area contributed by atoms with E-state index in [-0.39, 0.29) is 12.2 Å². The van der Waals surface area contributed by atoms with Crippen molar-refractivity contribution in [1.29, 1.82) is 0 Å². The second-order valence-electron chi connectivity index (χ2n) is 4.44. The van der Waals surface area contributed by atoms with E-state index >= 15 is 0 Å². The number of alkyl halides is 3. The third-order valence-corrected chi connectivity index (χ3v) is 3.38. The summed E-state index contributed by atoms with van der Waals surface area (Å²) in [4.78, 5) is 12.0. The average Bonchev–Trinajstić information content (AvgIpc) is 2.45. The first-order valence-corrected chi connectivity index (χ1v) is 7.11. The smallest absolute Gasteiger partial charge is 0.482 e. The molecule has 0 aliphatic rings. The highest BCUT2D eigenvalue weighted by molar-refractivity contribution is 9.10. The van der Waals surface area contributed by atoms with E-state index < -0.39 is 17.9 Å². The van der Waals surface area contributed by atoms with Gasteiger partial charge in [0.2, 0.25) is 0 Å². The van der Waals surface area contributed by atoms with Gasteiger partial charge in [-0.1, -0.05) is 6.07 Å². The third-order valence-electron chi connectivity index (χ3n) is 2.75. The molecule has 0 atom stereocenters. The lowest BCUT2D eigenvalue weighted by molar-refractivity contribution is -0.274. The number of Topliss-reactive ketones (excluding diaryl/α,β-unsaturated/α-hetero) is 1. The second-order valence-corrected chi connectivity index (χ2v) is 5.30. The molecule has 0 amide bonds. The van der Waals surface area contributed by atoms with Gasteiger partial charge >= 0.3 is 6.36 Å². The lowest BCUT2D eigenvalue weighted by Crippen LogP contribution is -2.17. The predicted octanol–water partition coefficient (Wildman–Crippen LogP) is 4.19. The molecule has 0 unspecified atom stereocenters. The van der Waals surface area contributed by atoms with Crippen LogP contribution in [0.3, 0.4) is 0 Å². The van der Waals surface area contributed by atoms with Crippen LogP contribution in [0.1, 0.15) is 10.4 Å². The zero-order valence-corrected chi connectivity index (χ0v) is 13.1. The summed E-state index contributed by atoms with van der Waals surface area (Å²) in [6.07, 6.45) is -4.77. The van der Waals surface area contributed by atoms with Crippen molar-refractivity contribution in [2.24, 2.45) is 0 Å². The fraction of sp³-hybridized carbons (Fsp3) is 0.133. The van der Waals surface area contributed by atoms with Crippen LogP contribution in [-0.2, 0) is 0 Å². The van der Waals surface area contributed by atoms with Crippen molar-refractivity contribution in [3.8, 4) is 11.5 Å². The maximum absolute atomic E-state index is 12.1. The van der Waals surface area contributed by atoms with Crippen molar-refractivity contribution in [2.75, 3.05) is 12.3 Å². The van der Waals surface area contributed by atoms with Gasteiger partial charge in [-0.15, -0.1) is 13.2 Å². The van der Waals surface area contributed by atoms with Crippen molar-refractivity contribution >= 4 is 27.4 Å². The topological polar surface area (TPSA) is 61.5 Å². The molecule has 0 bridgehead atoms. The zero-order valence-electron chi connectivity index (χ0n) is 11.6. The molecular formula is C15H11BrF3NO3. The van der Waals surface area contributed by atoms with Gasteiger partial charge in [-0.05, 0) is 52.3 Å². The number of halogens is 4. The van der Waals surface area contributed by atoms with Gasteiger partial charge in [0.1, 0.15) is 5.75 Å². The Kier molecular flexibility index (Phi) is 5.15. The Morgan fingerprint density at radius 1 is 1.13 bits per heavy atom. The van der Waals surface area contributed by atoms with Gasteiger partial charge in [-0.2, -0.15) is 0 Å².